The van der Waals surface area contributed by atoms with Crippen LogP contribution < -0.4 is 4.74 Å². The van der Waals surface area contributed by atoms with Gasteiger partial charge in [0, 0.05) is 25.0 Å². The van der Waals surface area contributed by atoms with E-state index in [2.05, 4.69) is 4.74 Å². The molecule has 26 heavy (non-hydrogen) atoms. The maximum absolute atomic E-state index is 12.5. The van der Waals surface area contributed by atoms with E-state index in [0.29, 0.717) is 19.6 Å². The van der Waals surface area contributed by atoms with Gasteiger partial charge >= 0.3 is 6.61 Å². The predicted octanol–water partition coefficient (Wildman–Crippen LogP) is 4.48. The summed E-state index contributed by atoms with van der Waals surface area (Å²) in [4.78, 5) is 17.2. The van der Waals surface area contributed by atoms with Gasteiger partial charge in [-0.25, -0.2) is 0 Å². The Hall–Kier alpha value is -1.70. The summed E-state index contributed by atoms with van der Waals surface area (Å²) in [6, 6.07) is 10.1. The van der Waals surface area contributed by atoms with Crippen LogP contribution in [0.15, 0.2) is 36.4 Å². The number of hydrogen-bond donors (Lipinski definition) is 0. The Kier molecular flexibility index (Phi) is 7.81. The van der Waals surface area contributed by atoms with Crippen molar-refractivity contribution in [3.8, 4) is 5.75 Å². The third-order valence-electron chi connectivity index (χ3n) is 3.81. The first-order valence-electron chi connectivity index (χ1n) is 8.11. The molecule has 0 saturated carbocycles. The normalized spacial score (nSPS) is 11.2. The van der Waals surface area contributed by atoms with Crippen molar-refractivity contribution < 1.29 is 18.3 Å². The molecule has 4 nitrogen and oxygen atoms in total. The minimum absolute atomic E-state index is 0.0117. The topological polar surface area (TPSA) is 32.8 Å². The average Bonchev–Trinajstić information content (AvgIpc) is 3.00. The van der Waals surface area contributed by atoms with Crippen LogP contribution in [0.25, 0.3) is 0 Å². The molecule has 0 bridgehead atoms. The molecule has 2 aromatic rings. The minimum Gasteiger partial charge on any atom is -0.435 e. The monoisotopic (exact) mass is 402 g/mol. The van der Waals surface area contributed by atoms with E-state index in [-0.39, 0.29) is 11.7 Å². The molecule has 0 spiro atoms. The van der Waals surface area contributed by atoms with E-state index >= 15 is 0 Å². The molecule has 142 valence electrons. The highest BCUT2D eigenvalue weighted by Gasteiger charge is 2.15. The molecule has 1 heterocycles. The smallest absolute Gasteiger partial charge is 0.387 e. The summed E-state index contributed by atoms with van der Waals surface area (Å²) in [5, 5.41) is 0. The fraction of sp³-hybridized carbons (Fsp3) is 0.389. The minimum atomic E-state index is -2.84. The molecule has 1 aromatic heterocycles. The van der Waals surface area contributed by atoms with Crippen LogP contribution in [0.4, 0.5) is 8.78 Å². The fourth-order valence-corrected chi connectivity index (χ4v) is 3.52. The Morgan fingerprint density at radius 2 is 1.88 bits per heavy atom. The number of halogens is 3. The Bertz CT molecular complexity index is 709. The number of amides is 1. The molecule has 0 radical (unpaired) electrons. The van der Waals surface area contributed by atoms with Crippen molar-refractivity contribution in [3.63, 3.8) is 0 Å². The molecule has 2 rings (SSSR count). The summed E-state index contributed by atoms with van der Waals surface area (Å²) < 4.78 is 29.4. The molecule has 0 unspecified atom stereocenters. The second-order valence-electron chi connectivity index (χ2n) is 5.78. The largest absolute Gasteiger partial charge is 0.435 e. The van der Waals surface area contributed by atoms with E-state index in [0.717, 1.165) is 21.3 Å². The third-order valence-corrected chi connectivity index (χ3v) is 5.02. The summed E-state index contributed by atoms with van der Waals surface area (Å²) in [5.41, 5.74) is 0.843. The number of ether oxygens (including phenoxy) is 1. The summed E-state index contributed by atoms with van der Waals surface area (Å²) >= 11 is 7.46. The predicted molar refractivity (Wildman–Crippen MR) is 99.8 cm³/mol. The van der Waals surface area contributed by atoms with Crippen LogP contribution in [-0.4, -0.2) is 42.5 Å². The van der Waals surface area contributed by atoms with Gasteiger partial charge in [-0.15, -0.1) is 11.3 Å². The second-order valence-corrected chi connectivity index (χ2v) is 7.58. The molecule has 0 saturated heterocycles. The molecule has 1 amide bonds. The first-order valence-corrected chi connectivity index (χ1v) is 9.31. The summed E-state index contributed by atoms with van der Waals surface area (Å²) in [6.07, 6.45) is 0. The maximum Gasteiger partial charge on any atom is 0.387 e. The van der Waals surface area contributed by atoms with Crippen molar-refractivity contribution in [3.05, 3.63) is 51.2 Å². The van der Waals surface area contributed by atoms with Crippen LogP contribution in [-0.2, 0) is 17.9 Å². The summed E-state index contributed by atoms with van der Waals surface area (Å²) in [5.74, 6) is 0.0897. The second kappa shape index (κ2) is 9.85. The Morgan fingerprint density at radius 1 is 1.19 bits per heavy atom. The third kappa shape index (κ3) is 6.55. The van der Waals surface area contributed by atoms with Crippen LogP contribution in [0.1, 0.15) is 17.4 Å². The van der Waals surface area contributed by atoms with Gasteiger partial charge < -0.3 is 9.64 Å². The molecule has 0 aliphatic rings. The fourth-order valence-electron chi connectivity index (χ4n) is 2.39. The van der Waals surface area contributed by atoms with E-state index in [1.54, 1.807) is 24.1 Å². The van der Waals surface area contributed by atoms with Gasteiger partial charge in [-0.3, -0.25) is 9.69 Å². The number of alkyl halides is 2. The van der Waals surface area contributed by atoms with E-state index in [4.69, 9.17) is 11.6 Å². The van der Waals surface area contributed by atoms with Crippen molar-refractivity contribution in [1.29, 1.82) is 0 Å². The summed E-state index contributed by atoms with van der Waals surface area (Å²) in [6.45, 7) is 1.28. The van der Waals surface area contributed by atoms with Gasteiger partial charge in [0.1, 0.15) is 5.75 Å². The van der Waals surface area contributed by atoms with Gasteiger partial charge in [-0.1, -0.05) is 30.7 Å². The van der Waals surface area contributed by atoms with E-state index in [1.165, 1.54) is 23.5 Å². The molecule has 0 fully saturated rings. The van der Waals surface area contributed by atoms with Gasteiger partial charge in [0.2, 0.25) is 5.91 Å². The van der Waals surface area contributed by atoms with Crippen molar-refractivity contribution in [2.45, 2.75) is 26.6 Å². The number of benzene rings is 1. The highest BCUT2D eigenvalue weighted by Crippen LogP contribution is 2.22. The SMILES string of the molecule is CCN(CC(=O)N(C)Cc1ccc(OC(F)F)cc1)Cc1ccc(Cl)s1. The van der Waals surface area contributed by atoms with Crippen molar-refractivity contribution in [2.24, 2.45) is 0 Å². The molecule has 8 heteroatoms. The average molecular weight is 403 g/mol. The Morgan fingerprint density at radius 3 is 2.42 bits per heavy atom. The maximum atomic E-state index is 12.5. The number of hydrogen-bond acceptors (Lipinski definition) is 4. The van der Waals surface area contributed by atoms with Crippen LogP contribution in [0.5, 0.6) is 5.75 Å². The lowest BCUT2D eigenvalue weighted by Crippen LogP contribution is -2.37. The van der Waals surface area contributed by atoms with Gasteiger partial charge in [0.25, 0.3) is 0 Å². The standard InChI is InChI=1S/C18H21ClF2N2O2S/c1-3-23(11-15-8-9-16(19)26-15)12-17(24)22(2)10-13-4-6-14(7-5-13)25-18(20)21/h4-9,18H,3,10-12H2,1-2H3. The Balaban J connectivity index is 1.87. The lowest BCUT2D eigenvalue weighted by atomic mass is 10.2. The number of rotatable bonds is 9. The van der Waals surface area contributed by atoms with E-state index in [1.807, 2.05) is 24.0 Å². The molecule has 0 N–H and O–H groups in total. The zero-order valence-electron chi connectivity index (χ0n) is 14.6. The van der Waals surface area contributed by atoms with Gasteiger partial charge in [-0.2, -0.15) is 8.78 Å². The molecule has 0 aliphatic carbocycles. The lowest BCUT2D eigenvalue weighted by Gasteiger charge is -2.23. The molecule has 0 aliphatic heterocycles. The van der Waals surface area contributed by atoms with Crippen molar-refractivity contribution in [1.82, 2.24) is 9.80 Å². The number of carbonyl (C=O) groups excluding carboxylic acids is 1. The van der Waals surface area contributed by atoms with Crippen LogP contribution >= 0.6 is 22.9 Å². The van der Waals surface area contributed by atoms with Gasteiger partial charge in [0.15, 0.2) is 0 Å². The van der Waals surface area contributed by atoms with E-state index in [9.17, 15) is 13.6 Å². The zero-order chi connectivity index (χ0) is 19.1. The van der Waals surface area contributed by atoms with Crippen molar-refractivity contribution >= 4 is 28.8 Å². The Labute approximate surface area is 160 Å². The van der Waals surface area contributed by atoms with Crippen LogP contribution in [0.3, 0.4) is 0 Å². The first kappa shape index (κ1) is 20.6. The molecular formula is C18H21ClF2N2O2S. The number of carbonyl (C=O) groups is 1. The summed E-state index contributed by atoms with van der Waals surface area (Å²) in [7, 11) is 1.72. The van der Waals surface area contributed by atoms with Gasteiger partial charge in [-0.05, 0) is 36.4 Å². The molecule has 1 aromatic carbocycles. The van der Waals surface area contributed by atoms with Gasteiger partial charge in [0.05, 0.1) is 10.9 Å². The van der Waals surface area contributed by atoms with Crippen LogP contribution in [0, 0.1) is 0 Å². The van der Waals surface area contributed by atoms with Crippen molar-refractivity contribution in [2.75, 3.05) is 20.1 Å². The number of thiophene rings is 1. The van der Waals surface area contributed by atoms with E-state index < -0.39 is 6.61 Å². The molecule has 0 atom stereocenters. The quantitative estimate of drug-likeness (QED) is 0.619. The number of nitrogens with zero attached hydrogens (tertiary/aromatic N) is 2. The first-order chi connectivity index (χ1) is 12.4. The highest BCUT2D eigenvalue weighted by molar-refractivity contribution is 7.16. The molecular weight excluding hydrogens is 382 g/mol. The zero-order valence-corrected chi connectivity index (χ0v) is 16.2. The highest BCUT2D eigenvalue weighted by atomic mass is 35.5. The van der Waals surface area contributed by atoms with Crippen LogP contribution in [0.2, 0.25) is 4.34 Å². The lowest BCUT2D eigenvalue weighted by molar-refractivity contribution is -0.131. The number of likely N-dealkylation sites (N-methyl/N-ethyl adjacent to an activating group) is 2.